The summed E-state index contributed by atoms with van der Waals surface area (Å²) in [5, 5.41) is 0.681. The predicted molar refractivity (Wildman–Crippen MR) is 84.2 cm³/mol. The smallest absolute Gasteiger partial charge is 0.256 e. The lowest BCUT2D eigenvalue weighted by atomic mass is 10.0. The molecule has 3 rings (SSSR count). The van der Waals surface area contributed by atoms with Gasteiger partial charge in [0.15, 0.2) is 0 Å². The van der Waals surface area contributed by atoms with Crippen molar-refractivity contribution in [2.45, 2.75) is 26.8 Å². The van der Waals surface area contributed by atoms with Crippen molar-refractivity contribution in [3.63, 3.8) is 0 Å². The number of benzene rings is 1. The summed E-state index contributed by atoms with van der Waals surface area (Å²) >= 11 is 5.99. The fraction of sp³-hybridized carbons (Fsp3) is 0.312. The molecule has 0 aliphatic carbocycles. The monoisotopic (exact) mass is 301 g/mol. The molecule has 1 aliphatic rings. The van der Waals surface area contributed by atoms with Crippen LogP contribution in [0, 0.1) is 5.92 Å². The summed E-state index contributed by atoms with van der Waals surface area (Å²) in [5.74, 6) is 0.913. The summed E-state index contributed by atoms with van der Waals surface area (Å²) in [6.07, 6.45) is 0.550. The predicted octanol–water partition coefficient (Wildman–Crippen LogP) is 2.97. The first-order valence-electron chi connectivity index (χ1n) is 6.96. The number of aromatic amines is 1. The second kappa shape index (κ2) is 5.45. The minimum Gasteiger partial charge on any atom is -0.310 e. The number of hydrogen-bond acceptors (Lipinski definition) is 3. The normalized spacial score (nSPS) is 13.4. The minimum absolute atomic E-state index is 0.0866. The van der Waals surface area contributed by atoms with Gasteiger partial charge >= 0.3 is 0 Å². The highest BCUT2D eigenvalue weighted by Gasteiger charge is 2.23. The van der Waals surface area contributed by atoms with E-state index in [0.29, 0.717) is 29.4 Å². The van der Waals surface area contributed by atoms with Crippen LogP contribution in [0.2, 0.25) is 5.02 Å². The van der Waals surface area contributed by atoms with Crippen molar-refractivity contribution in [1.82, 2.24) is 9.97 Å². The Morgan fingerprint density at radius 2 is 2.19 bits per heavy atom. The third-order valence-corrected chi connectivity index (χ3v) is 3.76. The molecule has 0 saturated carbocycles. The Kier molecular flexibility index (Phi) is 3.64. The lowest BCUT2D eigenvalue weighted by Gasteiger charge is -2.08. The fourth-order valence-corrected chi connectivity index (χ4v) is 2.73. The quantitative estimate of drug-likeness (QED) is 0.947. The highest BCUT2D eigenvalue weighted by molar-refractivity contribution is 6.30. The summed E-state index contributed by atoms with van der Waals surface area (Å²) in [5.41, 5.74) is 3.28. The Labute approximate surface area is 127 Å². The van der Waals surface area contributed by atoms with Gasteiger partial charge in [0.05, 0.1) is 23.5 Å². The number of aliphatic imine (C=N–C) groups is 1. The van der Waals surface area contributed by atoms with Crippen LogP contribution in [0.5, 0.6) is 0 Å². The van der Waals surface area contributed by atoms with Gasteiger partial charge in [-0.2, -0.15) is 0 Å². The third kappa shape index (κ3) is 2.76. The summed E-state index contributed by atoms with van der Waals surface area (Å²) in [4.78, 5) is 24.1. The van der Waals surface area contributed by atoms with Crippen LogP contribution >= 0.6 is 11.6 Å². The maximum atomic E-state index is 12.2. The van der Waals surface area contributed by atoms with Crippen LogP contribution in [0.1, 0.15) is 36.5 Å². The van der Waals surface area contributed by atoms with E-state index in [-0.39, 0.29) is 11.5 Å². The third-order valence-electron chi connectivity index (χ3n) is 3.52. The summed E-state index contributed by atoms with van der Waals surface area (Å²) in [7, 11) is 0. The minimum atomic E-state index is -0.0866. The van der Waals surface area contributed by atoms with Gasteiger partial charge in [-0.25, -0.2) is 4.98 Å². The number of hydrogen-bond donors (Lipinski definition) is 1. The molecular formula is C16H16ClN3O. The van der Waals surface area contributed by atoms with E-state index in [4.69, 9.17) is 11.6 Å². The molecule has 0 fully saturated rings. The zero-order valence-electron chi connectivity index (χ0n) is 12.0. The number of nitrogens with one attached hydrogen (secondary N) is 1. The van der Waals surface area contributed by atoms with E-state index < -0.39 is 0 Å². The molecule has 0 spiro atoms. The van der Waals surface area contributed by atoms with E-state index in [1.807, 2.05) is 24.3 Å². The molecule has 0 radical (unpaired) electrons. The molecule has 108 valence electrons. The lowest BCUT2D eigenvalue weighted by Crippen LogP contribution is -2.21. The van der Waals surface area contributed by atoms with Crippen molar-refractivity contribution in [3.05, 3.63) is 62.3 Å². The molecular weight excluding hydrogens is 286 g/mol. The number of fused-ring (bicyclic) bond motifs is 1. The molecule has 2 heterocycles. The van der Waals surface area contributed by atoms with Crippen molar-refractivity contribution in [2.24, 2.45) is 10.9 Å². The van der Waals surface area contributed by atoms with Crippen LogP contribution < -0.4 is 5.56 Å². The highest BCUT2D eigenvalue weighted by atomic mass is 35.5. The summed E-state index contributed by atoms with van der Waals surface area (Å²) < 4.78 is 0. The van der Waals surface area contributed by atoms with Crippen LogP contribution in [0.15, 0.2) is 34.1 Å². The largest absolute Gasteiger partial charge is 0.310 e. The van der Waals surface area contributed by atoms with E-state index in [0.717, 1.165) is 17.0 Å². The molecule has 1 aliphatic heterocycles. The molecule has 0 atom stereocenters. The molecule has 0 amide bonds. The Morgan fingerprint density at radius 3 is 2.90 bits per heavy atom. The van der Waals surface area contributed by atoms with Crippen molar-refractivity contribution in [3.8, 4) is 0 Å². The summed E-state index contributed by atoms with van der Waals surface area (Å²) in [6, 6.07) is 7.57. The summed E-state index contributed by atoms with van der Waals surface area (Å²) in [6.45, 7) is 4.56. The maximum Gasteiger partial charge on any atom is 0.256 e. The van der Waals surface area contributed by atoms with Crippen molar-refractivity contribution in [2.75, 3.05) is 0 Å². The fourth-order valence-electron chi connectivity index (χ4n) is 2.52. The van der Waals surface area contributed by atoms with Gasteiger partial charge in [0.25, 0.3) is 5.56 Å². The molecule has 0 saturated heterocycles. The highest BCUT2D eigenvalue weighted by Crippen LogP contribution is 2.19. The van der Waals surface area contributed by atoms with E-state index in [1.165, 1.54) is 0 Å². The zero-order valence-corrected chi connectivity index (χ0v) is 12.7. The maximum absolute atomic E-state index is 12.2. The number of nitrogens with zero attached hydrogens (tertiary/aromatic N) is 2. The van der Waals surface area contributed by atoms with Gasteiger partial charge in [0, 0.05) is 11.4 Å². The number of halogens is 1. The lowest BCUT2D eigenvalue weighted by molar-refractivity contribution is 0.872. The molecule has 0 bridgehead atoms. The topological polar surface area (TPSA) is 58.1 Å². The second-order valence-corrected chi connectivity index (χ2v) is 5.94. The van der Waals surface area contributed by atoms with Gasteiger partial charge in [0.1, 0.15) is 5.82 Å². The van der Waals surface area contributed by atoms with Crippen LogP contribution in [0.25, 0.3) is 0 Å². The van der Waals surface area contributed by atoms with Crippen LogP contribution in [0.4, 0.5) is 0 Å². The SMILES string of the molecule is CC(C)C1=NCc2c1nc(Cc1cccc(Cl)c1)[nH]c2=O. The Bertz CT molecular complexity index is 777. The second-order valence-electron chi connectivity index (χ2n) is 5.50. The molecule has 5 heteroatoms. The van der Waals surface area contributed by atoms with Gasteiger partial charge in [-0.3, -0.25) is 9.79 Å². The average Bonchev–Trinajstić information content (AvgIpc) is 2.83. The molecule has 4 nitrogen and oxygen atoms in total. The molecule has 0 unspecified atom stereocenters. The number of rotatable bonds is 3. The van der Waals surface area contributed by atoms with Gasteiger partial charge in [-0.1, -0.05) is 37.6 Å². The van der Waals surface area contributed by atoms with Gasteiger partial charge < -0.3 is 4.98 Å². The molecule has 1 aromatic carbocycles. The van der Waals surface area contributed by atoms with Crippen molar-refractivity contribution in [1.29, 1.82) is 0 Å². The van der Waals surface area contributed by atoms with Gasteiger partial charge in [0.2, 0.25) is 0 Å². The molecule has 1 N–H and O–H groups in total. The number of H-pyrrole nitrogens is 1. The van der Waals surface area contributed by atoms with E-state index >= 15 is 0 Å². The van der Waals surface area contributed by atoms with Gasteiger partial charge in [-0.15, -0.1) is 0 Å². The molecule has 1 aromatic heterocycles. The van der Waals surface area contributed by atoms with Crippen molar-refractivity contribution >= 4 is 17.3 Å². The number of aromatic nitrogens is 2. The first kappa shape index (κ1) is 14.0. The Balaban J connectivity index is 1.99. The first-order valence-corrected chi connectivity index (χ1v) is 7.33. The van der Waals surface area contributed by atoms with Gasteiger partial charge in [-0.05, 0) is 23.6 Å². The zero-order chi connectivity index (χ0) is 15.0. The average molecular weight is 302 g/mol. The van der Waals surface area contributed by atoms with E-state index in [9.17, 15) is 4.79 Å². The Morgan fingerprint density at radius 1 is 1.38 bits per heavy atom. The van der Waals surface area contributed by atoms with E-state index in [1.54, 1.807) is 0 Å². The standard InChI is InChI=1S/C16H16ClN3O/c1-9(2)14-15-12(8-18-14)16(21)20-13(19-15)7-10-4-3-5-11(17)6-10/h3-6,9H,7-8H2,1-2H3,(H,19,20,21). The van der Waals surface area contributed by atoms with E-state index in [2.05, 4.69) is 28.8 Å². The van der Waals surface area contributed by atoms with Crippen LogP contribution in [0.3, 0.4) is 0 Å². The molecule has 2 aromatic rings. The Hall–Kier alpha value is -1.94. The van der Waals surface area contributed by atoms with Crippen LogP contribution in [-0.2, 0) is 13.0 Å². The molecule has 21 heavy (non-hydrogen) atoms. The van der Waals surface area contributed by atoms with Crippen LogP contribution in [-0.4, -0.2) is 15.7 Å². The van der Waals surface area contributed by atoms with Crippen molar-refractivity contribution < 1.29 is 0 Å². The first-order chi connectivity index (χ1) is 10.0.